The van der Waals surface area contributed by atoms with E-state index in [0.717, 1.165) is 18.4 Å². The fraction of sp³-hybridized carbons (Fsp3) is 0.625. The maximum absolute atomic E-state index is 11.0. The number of carbonyl (C=O) groups is 1. The van der Waals surface area contributed by atoms with Crippen molar-refractivity contribution in [2.75, 3.05) is 0 Å². The Morgan fingerprint density at radius 1 is 1.67 bits per heavy atom. The van der Waals surface area contributed by atoms with Crippen LogP contribution in [0.4, 0.5) is 0 Å². The molecule has 0 aromatic carbocycles. The second-order valence-electron chi connectivity index (χ2n) is 2.87. The van der Waals surface area contributed by atoms with Crippen LogP contribution in [-0.2, 0) is 4.79 Å². The third-order valence-electron chi connectivity index (χ3n) is 1.51. The van der Waals surface area contributed by atoms with E-state index < -0.39 is 0 Å². The molecule has 0 unspecified atom stereocenters. The van der Waals surface area contributed by atoms with Gasteiger partial charge in [0.05, 0.1) is 0 Å². The molecule has 0 N–H and O–H groups in total. The van der Waals surface area contributed by atoms with Crippen LogP contribution in [0.15, 0.2) is 12.2 Å². The molecule has 0 atom stereocenters. The summed E-state index contributed by atoms with van der Waals surface area (Å²) in [4.78, 5) is 11.0. The summed E-state index contributed by atoms with van der Waals surface area (Å²) < 4.78 is 0. The maximum atomic E-state index is 11.0. The molecule has 1 aliphatic carbocycles. The van der Waals surface area contributed by atoms with E-state index in [1.54, 1.807) is 0 Å². The predicted octanol–water partition coefficient (Wildman–Crippen LogP) is 1.93. The molecule has 1 aliphatic rings. The monoisotopic (exact) mass is 124 g/mol. The van der Waals surface area contributed by atoms with Crippen LogP contribution in [0.2, 0.25) is 0 Å². The van der Waals surface area contributed by atoms with Gasteiger partial charge in [0.1, 0.15) is 5.78 Å². The Balaban J connectivity index is 2.26. The summed E-state index contributed by atoms with van der Waals surface area (Å²) in [5.41, 5.74) is 0.993. The smallest absolute Gasteiger partial charge is 0.139 e. The fourth-order valence-electron chi connectivity index (χ4n) is 0.847. The average molecular weight is 124 g/mol. The van der Waals surface area contributed by atoms with Crippen LogP contribution in [-0.4, -0.2) is 5.78 Å². The van der Waals surface area contributed by atoms with Gasteiger partial charge in [0.15, 0.2) is 0 Å². The van der Waals surface area contributed by atoms with Crippen molar-refractivity contribution in [3.63, 3.8) is 0 Å². The normalized spacial score (nSPS) is 17.4. The number of ketones is 1. The van der Waals surface area contributed by atoms with E-state index in [-0.39, 0.29) is 0 Å². The van der Waals surface area contributed by atoms with E-state index in [1.807, 2.05) is 6.92 Å². The quantitative estimate of drug-likeness (QED) is 0.525. The number of Topliss-reactive ketones (excluding diaryl/α,β-unsaturated/α-hetero) is 1. The second kappa shape index (κ2) is 2.34. The van der Waals surface area contributed by atoms with Crippen LogP contribution in [0.5, 0.6) is 0 Å². The largest absolute Gasteiger partial charge is 0.299 e. The zero-order valence-electron chi connectivity index (χ0n) is 5.81. The Morgan fingerprint density at radius 3 is 2.56 bits per heavy atom. The molecule has 1 rings (SSSR count). The first-order valence-corrected chi connectivity index (χ1v) is 3.37. The fourth-order valence-corrected chi connectivity index (χ4v) is 0.847. The van der Waals surface area contributed by atoms with Crippen molar-refractivity contribution in [3.8, 4) is 0 Å². The maximum Gasteiger partial charge on any atom is 0.139 e. The average Bonchev–Trinajstić information content (AvgIpc) is 2.40. The van der Waals surface area contributed by atoms with Crippen molar-refractivity contribution in [2.24, 2.45) is 5.92 Å². The molecule has 9 heavy (non-hydrogen) atoms. The molecule has 0 bridgehead atoms. The van der Waals surface area contributed by atoms with Crippen LogP contribution >= 0.6 is 0 Å². The van der Waals surface area contributed by atoms with E-state index in [0.29, 0.717) is 18.1 Å². The van der Waals surface area contributed by atoms with Gasteiger partial charge in [-0.3, -0.25) is 4.79 Å². The van der Waals surface area contributed by atoms with Crippen LogP contribution in [0.1, 0.15) is 26.2 Å². The molecule has 1 fully saturated rings. The molecule has 0 spiro atoms. The van der Waals surface area contributed by atoms with Crippen molar-refractivity contribution < 1.29 is 4.79 Å². The van der Waals surface area contributed by atoms with E-state index in [1.165, 1.54) is 0 Å². The zero-order chi connectivity index (χ0) is 6.85. The van der Waals surface area contributed by atoms with Gasteiger partial charge in [-0.1, -0.05) is 12.2 Å². The van der Waals surface area contributed by atoms with Crippen LogP contribution in [0.3, 0.4) is 0 Å². The minimum Gasteiger partial charge on any atom is -0.299 e. The third-order valence-corrected chi connectivity index (χ3v) is 1.51. The molecule has 0 aromatic rings. The van der Waals surface area contributed by atoms with Gasteiger partial charge in [-0.15, -0.1) is 0 Å². The number of allylic oxidation sites excluding steroid dienone is 1. The highest BCUT2D eigenvalue weighted by Gasteiger charge is 2.28. The van der Waals surface area contributed by atoms with Gasteiger partial charge < -0.3 is 0 Å². The summed E-state index contributed by atoms with van der Waals surface area (Å²) in [7, 11) is 0. The lowest BCUT2D eigenvalue weighted by Crippen LogP contribution is -1.99. The van der Waals surface area contributed by atoms with Gasteiger partial charge in [-0.25, -0.2) is 0 Å². The van der Waals surface area contributed by atoms with Crippen LogP contribution in [0.25, 0.3) is 0 Å². The Kier molecular flexibility index (Phi) is 1.70. The minimum atomic E-state index is 0.391. The van der Waals surface area contributed by atoms with E-state index in [9.17, 15) is 4.79 Å². The van der Waals surface area contributed by atoms with E-state index in [2.05, 4.69) is 6.58 Å². The molecule has 1 nitrogen and oxygen atoms in total. The molecule has 1 saturated carbocycles. The molecule has 0 aliphatic heterocycles. The number of rotatable bonds is 3. The molecule has 1 heteroatoms. The lowest BCUT2D eigenvalue weighted by Gasteiger charge is -1.94. The summed E-state index contributed by atoms with van der Waals surface area (Å²) in [6, 6.07) is 0. The Labute approximate surface area is 55.8 Å². The van der Waals surface area contributed by atoms with Gasteiger partial charge in [-0.2, -0.15) is 0 Å². The molecule has 0 amide bonds. The van der Waals surface area contributed by atoms with Gasteiger partial charge in [0.2, 0.25) is 0 Å². The first-order chi connectivity index (χ1) is 4.20. The highest BCUT2D eigenvalue weighted by atomic mass is 16.1. The molecule has 0 heterocycles. The van der Waals surface area contributed by atoms with Crippen molar-refractivity contribution in [2.45, 2.75) is 26.2 Å². The Bertz CT molecular complexity index is 143. The first-order valence-electron chi connectivity index (χ1n) is 3.37. The topological polar surface area (TPSA) is 17.1 Å². The van der Waals surface area contributed by atoms with E-state index in [4.69, 9.17) is 0 Å². The first kappa shape index (κ1) is 6.53. The molecule has 0 aromatic heterocycles. The van der Waals surface area contributed by atoms with Crippen molar-refractivity contribution in [3.05, 3.63) is 12.2 Å². The lowest BCUT2D eigenvalue weighted by molar-refractivity contribution is -0.119. The highest BCUT2D eigenvalue weighted by Crippen LogP contribution is 2.31. The van der Waals surface area contributed by atoms with Gasteiger partial charge >= 0.3 is 0 Å². The number of hydrogen-bond donors (Lipinski definition) is 0. The van der Waals surface area contributed by atoms with Crippen LogP contribution < -0.4 is 0 Å². The molecule has 0 radical (unpaired) electrons. The Hall–Kier alpha value is -0.590. The van der Waals surface area contributed by atoms with Gasteiger partial charge in [-0.05, 0) is 19.8 Å². The zero-order valence-corrected chi connectivity index (χ0v) is 5.81. The number of hydrogen-bond acceptors (Lipinski definition) is 1. The van der Waals surface area contributed by atoms with Crippen LogP contribution in [0, 0.1) is 5.92 Å². The predicted molar refractivity (Wildman–Crippen MR) is 37.2 cm³/mol. The highest BCUT2D eigenvalue weighted by molar-refractivity contribution is 5.84. The molecular weight excluding hydrogens is 112 g/mol. The van der Waals surface area contributed by atoms with Gasteiger partial charge in [0, 0.05) is 12.3 Å². The van der Waals surface area contributed by atoms with E-state index >= 15 is 0 Å². The standard InChI is InChI=1S/C8H12O/c1-6(2)5-8(9)7-3-4-7/h7H,1,3-5H2,2H3. The molecule has 0 saturated heterocycles. The summed E-state index contributed by atoms with van der Waals surface area (Å²) in [6.07, 6.45) is 2.84. The van der Waals surface area contributed by atoms with Crippen molar-refractivity contribution in [1.29, 1.82) is 0 Å². The summed E-state index contributed by atoms with van der Waals surface area (Å²) in [6.45, 7) is 5.59. The number of carbonyl (C=O) groups excluding carboxylic acids is 1. The second-order valence-corrected chi connectivity index (χ2v) is 2.87. The summed E-state index contributed by atoms with van der Waals surface area (Å²) in [5.74, 6) is 0.796. The Morgan fingerprint density at radius 2 is 2.22 bits per heavy atom. The summed E-state index contributed by atoms with van der Waals surface area (Å²) in [5, 5.41) is 0. The molecule has 50 valence electrons. The SMILES string of the molecule is C=C(C)CC(=O)C1CC1. The summed E-state index contributed by atoms with van der Waals surface area (Å²) >= 11 is 0. The molecular formula is C8H12O. The minimum absolute atomic E-state index is 0.391. The van der Waals surface area contributed by atoms with Crippen molar-refractivity contribution >= 4 is 5.78 Å². The van der Waals surface area contributed by atoms with Crippen molar-refractivity contribution in [1.82, 2.24) is 0 Å². The lowest BCUT2D eigenvalue weighted by atomic mass is 10.1. The van der Waals surface area contributed by atoms with Gasteiger partial charge in [0.25, 0.3) is 0 Å². The third kappa shape index (κ3) is 2.00.